The summed E-state index contributed by atoms with van der Waals surface area (Å²) in [5, 5.41) is 0.256. The fourth-order valence-electron chi connectivity index (χ4n) is 4.06. The molecule has 1 saturated heterocycles. The third-order valence-electron chi connectivity index (χ3n) is 5.73. The van der Waals surface area contributed by atoms with E-state index in [9.17, 15) is 4.79 Å². The highest BCUT2D eigenvalue weighted by Crippen LogP contribution is 2.40. The van der Waals surface area contributed by atoms with Crippen LogP contribution in [-0.4, -0.2) is 46.6 Å². The Morgan fingerprint density at radius 3 is 2.66 bits per heavy atom. The van der Waals surface area contributed by atoms with E-state index in [4.69, 9.17) is 25.8 Å². The Balaban J connectivity index is 1.78. The van der Waals surface area contributed by atoms with Crippen molar-refractivity contribution in [2.45, 2.75) is 45.8 Å². The molecule has 2 aromatic heterocycles. The number of aromatic nitrogens is 2. The molecule has 184 valence electrons. The molecule has 3 aromatic rings. The maximum absolute atomic E-state index is 15.3. The van der Waals surface area contributed by atoms with Gasteiger partial charge >= 0.3 is 0 Å². The third-order valence-corrected chi connectivity index (χ3v) is 6.00. The van der Waals surface area contributed by atoms with Gasteiger partial charge in [-0.05, 0) is 51.8 Å². The van der Waals surface area contributed by atoms with Crippen molar-refractivity contribution in [2.75, 3.05) is 13.7 Å². The number of rotatable bonds is 7. The van der Waals surface area contributed by atoms with Crippen LogP contribution < -0.4 is 14.2 Å². The van der Waals surface area contributed by atoms with E-state index in [1.807, 2.05) is 20.8 Å². The molecule has 1 amide bonds. The van der Waals surface area contributed by atoms with Crippen molar-refractivity contribution in [1.82, 2.24) is 14.9 Å². The van der Waals surface area contributed by atoms with Crippen LogP contribution in [0.1, 0.15) is 44.0 Å². The fraction of sp³-hybridized carbons (Fsp3) is 0.346. The summed E-state index contributed by atoms with van der Waals surface area (Å²) in [6, 6.07) is 7.77. The van der Waals surface area contributed by atoms with Gasteiger partial charge in [0.05, 0.1) is 25.0 Å². The van der Waals surface area contributed by atoms with Crippen molar-refractivity contribution < 1.29 is 23.4 Å². The van der Waals surface area contributed by atoms with Gasteiger partial charge in [0.25, 0.3) is 5.91 Å². The molecule has 0 bridgehead atoms. The molecule has 0 unspecified atom stereocenters. The van der Waals surface area contributed by atoms with E-state index in [2.05, 4.69) is 9.97 Å². The number of nitrogens with zero attached hydrogens (tertiary/aromatic N) is 3. The van der Waals surface area contributed by atoms with Gasteiger partial charge in [0, 0.05) is 42.0 Å². The first kappa shape index (κ1) is 24.7. The topological polar surface area (TPSA) is 73.8 Å². The number of hydrogen-bond donors (Lipinski definition) is 0. The van der Waals surface area contributed by atoms with Gasteiger partial charge in [-0.2, -0.15) is 0 Å². The molecule has 3 heterocycles. The number of carbonyl (C=O) groups is 1. The first-order valence-electron chi connectivity index (χ1n) is 11.4. The van der Waals surface area contributed by atoms with E-state index in [1.54, 1.807) is 29.3 Å². The van der Waals surface area contributed by atoms with Crippen molar-refractivity contribution in [3.8, 4) is 34.4 Å². The van der Waals surface area contributed by atoms with Gasteiger partial charge in [0.1, 0.15) is 22.3 Å². The second-order valence-electron chi connectivity index (χ2n) is 8.60. The van der Waals surface area contributed by atoms with E-state index < -0.39 is 5.82 Å². The average molecular weight is 500 g/mol. The molecule has 7 nitrogen and oxygen atoms in total. The van der Waals surface area contributed by atoms with Crippen LogP contribution in [-0.2, 0) is 0 Å². The first-order valence-corrected chi connectivity index (χ1v) is 11.8. The number of likely N-dealkylation sites (tertiary alicyclic amines) is 1. The Morgan fingerprint density at radius 2 is 2.00 bits per heavy atom. The zero-order valence-corrected chi connectivity index (χ0v) is 20.8. The highest BCUT2D eigenvalue weighted by molar-refractivity contribution is 6.31. The van der Waals surface area contributed by atoms with E-state index in [-0.39, 0.29) is 46.0 Å². The van der Waals surface area contributed by atoms with Crippen LogP contribution in [0.2, 0.25) is 5.02 Å². The Kier molecular flexibility index (Phi) is 7.40. The molecular weight excluding hydrogens is 473 g/mol. The molecule has 1 aliphatic rings. The second kappa shape index (κ2) is 10.5. The molecule has 1 aliphatic heterocycles. The third kappa shape index (κ3) is 5.32. The van der Waals surface area contributed by atoms with Gasteiger partial charge in [-0.25, -0.2) is 14.4 Å². The molecule has 0 radical (unpaired) electrons. The maximum atomic E-state index is 15.3. The highest BCUT2D eigenvalue weighted by atomic mass is 35.5. The summed E-state index contributed by atoms with van der Waals surface area (Å²) in [5.41, 5.74) is 0.960. The molecular formula is C26H27ClFN3O4. The van der Waals surface area contributed by atoms with Crippen LogP contribution in [0.4, 0.5) is 4.39 Å². The molecule has 4 rings (SSSR count). The molecule has 1 aromatic carbocycles. The molecule has 1 fully saturated rings. The lowest BCUT2D eigenvalue weighted by Crippen LogP contribution is -2.34. The lowest BCUT2D eigenvalue weighted by Gasteiger charge is -2.23. The molecule has 35 heavy (non-hydrogen) atoms. The van der Waals surface area contributed by atoms with Gasteiger partial charge in [-0.3, -0.25) is 4.79 Å². The molecule has 0 saturated carbocycles. The monoisotopic (exact) mass is 499 g/mol. The molecule has 0 spiro atoms. The summed E-state index contributed by atoms with van der Waals surface area (Å²) in [5.74, 6) is -0.0154. The quantitative estimate of drug-likeness (QED) is 0.388. The van der Waals surface area contributed by atoms with Crippen LogP contribution in [0.5, 0.6) is 23.3 Å². The number of ether oxygens (including phenoxy) is 3. The number of methoxy groups -OCH3 is 1. The Bertz CT molecular complexity index is 1240. The predicted molar refractivity (Wildman–Crippen MR) is 131 cm³/mol. The zero-order chi connectivity index (χ0) is 25.1. The fourth-order valence-corrected chi connectivity index (χ4v) is 4.26. The Hall–Kier alpha value is -3.39. The minimum absolute atomic E-state index is 0.0381. The van der Waals surface area contributed by atoms with E-state index >= 15 is 4.39 Å². The number of halogens is 2. The Labute approximate surface area is 208 Å². The predicted octanol–water partition coefficient (Wildman–Crippen LogP) is 6.15. The molecule has 1 atom stereocenters. The van der Waals surface area contributed by atoms with Crippen molar-refractivity contribution in [3.63, 3.8) is 0 Å². The van der Waals surface area contributed by atoms with Crippen LogP contribution in [0.15, 0.2) is 42.7 Å². The SMILES string of the molecule is COc1ncccc1-c1cc(C(=O)N2CCC[C@H]2C)c(F)cc1Oc1cnc(OC(C)C)c(Cl)c1. The molecule has 0 aliphatic carbocycles. The second-order valence-corrected chi connectivity index (χ2v) is 9.01. The normalized spacial score (nSPS) is 15.4. The summed E-state index contributed by atoms with van der Waals surface area (Å²) < 4.78 is 32.3. The number of carbonyl (C=O) groups excluding carboxylic acids is 1. The standard InChI is InChI=1S/C26H27ClFN3O4/c1-15(2)34-25-21(27)11-17(14-30-25)35-23-13-22(28)20(26(32)31-10-6-7-16(31)3)12-19(23)18-8-5-9-29-24(18)33-4/h5,8-9,11-16H,6-7,10H2,1-4H3/t16-/m1/s1. The zero-order valence-electron chi connectivity index (χ0n) is 20.0. The van der Waals surface area contributed by atoms with Gasteiger partial charge in [0.2, 0.25) is 11.8 Å². The summed E-state index contributed by atoms with van der Waals surface area (Å²) in [6.07, 6.45) is 4.71. The number of amides is 1. The average Bonchev–Trinajstić information content (AvgIpc) is 3.26. The summed E-state index contributed by atoms with van der Waals surface area (Å²) >= 11 is 6.31. The summed E-state index contributed by atoms with van der Waals surface area (Å²) in [7, 11) is 1.49. The smallest absolute Gasteiger partial charge is 0.257 e. The van der Waals surface area contributed by atoms with Crippen molar-refractivity contribution in [2.24, 2.45) is 0 Å². The van der Waals surface area contributed by atoms with Gasteiger partial charge in [-0.15, -0.1) is 0 Å². The lowest BCUT2D eigenvalue weighted by atomic mass is 10.0. The maximum Gasteiger partial charge on any atom is 0.257 e. The van der Waals surface area contributed by atoms with Crippen molar-refractivity contribution in [1.29, 1.82) is 0 Å². The molecule has 0 N–H and O–H groups in total. The highest BCUT2D eigenvalue weighted by Gasteiger charge is 2.29. The first-order chi connectivity index (χ1) is 16.8. The van der Waals surface area contributed by atoms with Gasteiger partial charge < -0.3 is 19.1 Å². The summed E-state index contributed by atoms with van der Waals surface area (Å²) in [4.78, 5) is 23.4. The molecule has 9 heteroatoms. The van der Waals surface area contributed by atoms with Crippen molar-refractivity contribution in [3.05, 3.63) is 59.1 Å². The van der Waals surface area contributed by atoms with Crippen LogP contribution in [0.3, 0.4) is 0 Å². The minimum atomic E-state index is -0.686. The van der Waals surface area contributed by atoms with Crippen LogP contribution in [0, 0.1) is 5.82 Å². The van der Waals surface area contributed by atoms with Crippen molar-refractivity contribution >= 4 is 17.5 Å². The lowest BCUT2D eigenvalue weighted by molar-refractivity contribution is 0.0742. The van der Waals surface area contributed by atoms with E-state index in [0.29, 0.717) is 23.6 Å². The summed E-state index contributed by atoms with van der Waals surface area (Å²) in [6.45, 7) is 6.29. The van der Waals surface area contributed by atoms with Gasteiger partial charge in [-0.1, -0.05) is 11.6 Å². The minimum Gasteiger partial charge on any atom is -0.481 e. The van der Waals surface area contributed by atoms with Crippen LogP contribution in [0.25, 0.3) is 11.1 Å². The number of pyridine rings is 2. The van der Waals surface area contributed by atoms with E-state index in [1.165, 1.54) is 25.4 Å². The largest absolute Gasteiger partial charge is 0.481 e. The Morgan fingerprint density at radius 1 is 1.20 bits per heavy atom. The van der Waals surface area contributed by atoms with E-state index in [0.717, 1.165) is 12.8 Å². The van der Waals surface area contributed by atoms with Gasteiger partial charge in [0.15, 0.2) is 0 Å². The van der Waals surface area contributed by atoms with Crippen LogP contribution >= 0.6 is 11.6 Å². The number of benzene rings is 1. The number of hydrogen-bond acceptors (Lipinski definition) is 6.